The summed E-state index contributed by atoms with van der Waals surface area (Å²) in [6.45, 7) is 4.87. The number of aryl methyl sites for hydroxylation is 1. The molecule has 0 spiro atoms. The van der Waals surface area contributed by atoms with E-state index in [0.29, 0.717) is 23.1 Å². The third kappa shape index (κ3) is 5.47. The van der Waals surface area contributed by atoms with Crippen LogP contribution in [0, 0.1) is 0 Å². The summed E-state index contributed by atoms with van der Waals surface area (Å²) in [5, 5.41) is 16.4. The lowest BCUT2D eigenvalue weighted by Gasteiger charge is -2.16. The van der Waals surface area contributed by atoms with E-state index in [-0.39, 0.29) is 24.0 Å². The Labute approximate surface area is 180 Å². The number of nitrogens with one attached hydrogen (secondary N) is 2. The summed E-state index contributed by atoms with van der Waals surface area (Å²) in [6, 6.07) is 5.45. The number of aliphatic imine (C=N–C) groups is 1. The molecule has 26 heavy (non-hydrogen) atoms. The highest BCUT2D eigenvalue weighted by molar-refractivity contribution is 14.0. The molecule has 0 saturated heterocycles. The maximum absolute atomic E-state index is 6.21. The van der Waals surface area contributed by atoms with Crippen LogP contribution in [0.15, 0.2) is 23.2 Å². The van der Waals surface area contributed by atoms with Crippen LogP contribution in [0.1, 0.15) is 37.0 Å². The van der Waals surface area contributed by atoms with Crippen molar-refractivity contribution in [2.75, 3.05) is 6.54 Å². The van der Waals surface area contributed by atoms with Crippen LogP contribution >= 0.6 is 47.2 Å². The molecule has 0 fully saturated rings. The van der Waals surface area contributed by atoms with Crippen molar-refractivity contribution in [3.05, 3.63) is 45.5 Å². The molecule has 0 aliphatic carbocycles. The van der Waals surface area contributed by atoms with Crippen LogP contribution in [0.3, 0.4) is 0 Å². The zero-order valence-electron chi connectivity index (χ0n) is 14.6. The highest BCUT2D eigenvalue weighted by Crippen LogP contribution is 2.21. The number of rotatable bonds is 5. The van der Waals surface area contributed by atoms with Gasteiger partial charge in [-0.1, -0.05) is 29.3 Å². The Morgan fingerprint density at radius 3 is 2.85 bits per heavy atom. The van der Waals surface area contributed by atoms with E-state index in [9.17, 15) is 0 Å². The van der Waals surface area contributed by atoms with Gasteiger partial charge < -0.3 is 15.2 Å². The first kappa shape index (κ1) is 21.2. The van der Waals surface area contributed by atoms with Crippen LogP contribution < -0.4 is 10.6 Å². The van der Waals surface area contributed by atoms with E-state index >= 15 is 0 Å². The molecule has 0 amide bonds. The summed E-state index contributed by atoms with van der Waals surface area (Å²) in [4.78, 5) is 4.60. The van der Waals surface area contributed by atoms with Crippen LogP contribution in [-0.4, -0.2) is 27.3 Å². The Morgan fingerprint density at radius 2 is 2.08 bits per heavy atom. The van der Waals surface area contributed by atoms with E-state index in [4.69, 9.17) is 23.2 Å². The fourth-order valence-electron chi connectivity index (χ4n) is 2.82. The van der Waals surface area contributed by atoms with Gasteiger partial charge in [-0.25, -0.2) is 4.99 Å². The summed E-state index contributed by atoms with van der Waals surface area (Å²) in [7, 11) is 0. The number of hydrogen-bond donors (Lipinski definition) is 2. The van der Waals surface area contributed by atoms with E-state index in [0.717, 1.165) is 42.7 Å². The molecule has 1 aliphatic heterocycles. The summed E-state index contributed by atoms with van der Waals surface area (Å²) in [6.07, 6.45) is 3.38. The van der Waals surface area contributed by atoms with Crippen LogP contribution in [0.25, 0.3) is 0 Å². The molecule has 0 bridgehead atoms. The summed E-state index contributed by atoms with van der Waals surface area (Å²) in [5.41, 5.74) is 0.933. The predicted molar refractivity (Wildman–Crippen MR) is 116 cm³/mol. The van der Waals surface area contributed by atoms with Gasteiger partial charge in [-0.05, 0) is 37.5 Å². The van der Waals surface area contributed by atoms with Crippen LogP contribution in [-0.2, 0) is 26.1 Å². The largest absolute Gasteiger partial charge is 0.357 e. The van der Waals surface area contributed by atoms with Gasteiger partial charge in [0.15, 0.2) is 11.8 Å². The standard InChI is InChI=1S/C17H22Cl2N6.HI/c1-2-20-17(21-10-12-6-7-13(18)9-14(12)19)22-11-16-24-23-15-5-3-4-8-25(15)16;/h6-7,9H,2-5,8,10-11H2,1H3,(H2,20,21,22);1H. The topological polar surface area (TPSA) is 67.1 Å². The van der Waals surface area contributed by atoms with Gasteiger partial charge in [-0.15, -0.1) is 34.2 Å². The van der Waals surface area contributed by atoms with Crippen molar-refractivity contribution < 1.29 is 0 Å². The average molecular weight is 509 g/mol. The molecular formula is C17H23Cl2IN6. The van der Waals surface area contributed by atoms with Crippen LogP contribution in [0.2, 0.25) is 10.0 Å². The number of benzene rings is 1. The lowest BCUT2D eigenvalue weighted by molar-refractivity contribution is 0.504. The molecule has 2 N–H and O–H groups in total. The molecule has 3 rings (SSSR count). The smallest absolute Gasteiger partial charge is 0.191 e. The van der Waals surface area contributed by atoms with E-state index in [1.165, 1.54) is 12.8 Å². The molecule has 0 atom stereocenters. The predicted octanol–water partition coefficient (Wildman–Crippen LogP) is 3.79. The first-order chi connectivity index (χ1) is 12.2. The molecule has 9 heteroatoms. The highest BCUT2D eigenvalue weighted by atomic mass is 127. The molecule has 6 nitrogen and oxygen atoms in total. The Bertz CT molecular complexity index is 762. The lowest BCUT2D eigenvalue weighted by atomic mass is 10.2. The van der Waals surface area contributed by atoms with Gasteiger partial charge in [0.25, 0.3) is 0 Å². The molecule has 1 aromatic carbocycles. The number of guanidine groups is 1. The van der Waals surface area contributed by atoms with Crippen LogP contribution in [0.5, 0.6) is 0 Å². The van der Waals surface area contributed by atoms with E-state index in [1.807, 2.05) is 19.1 Å². The minimum absolute atomic E-state index is 0. The fourth-order valence-corrected chi connectivity index (χ4v) is 3.29. The quantitative estimate of drug-likeness (QED) is 0.366. The van der Waals surface area contributed by atoms with Gasteiger partial charge in [0, 0.05) is 29.6 Å². The SMILES string of the molecule is CCNC(=NCc1ccc(Cl)cc1Cl)NCc1nnc2n1CCCC2.I. The van der Waals surface area contributed by atoms with Gasteiger partial charge in [0.05, 0.1) is 13.1 Å². The van der Waals surface area contributed by atoms with Gasteiger partial charge in [-0.2, -0.15) is 0 Å². The van der Waals surface area contributed by atoms with Gasteiger partial charge in [0.2, 0.25) is 0 Å². The maximum atomic E-state index is 6.21. The average Bonchev–Trinajstić information content (AvgIpc) is 3.02. The first-order valence-corrected chi connectivity index (χ1v) is 9.30. The zero-order chi connectivity index (χ0) is 17.6. The van der Waals surface area contributed by atoms with Crippen molar-refractivity contribution in [3.8, 4) is 0 Å². The Kier molecular flexibility index (Phi) is 8.43. The third-order valence-corrected chi connectivity index (χ3v) is 4.70. The molecule has 142 valence electrons. The van der Waals surface area contributed by atoms with Crippen LogP contribution in [0.4, 0.5) is 0 Å². The molecule has 2 heterocycles. The summed E-state index contributed by atoms with van der Waals surface area (Å²) in [5.74, 6) is 2.75. The molecular weight excluding hydrogens is 486 g/mol. The number of hydrogen-bond acceptors (Lipinski definition) is 3. The number of aromatic nitrogens is 3. The second-order valence-corrected chi connectivity index (χ2v) is 6.77. The van der Waals surface area contributed by atoms with Crippen molar-refractivity contribution >= 4 is 53.1 Å². The van der Waals surface area contributed by atoms with E-state index < -0.39 is 0 Å². The third-order valence-electron chi connectivity index (χ3n) is 4.12. The summed E-state index contributed by atoms with van der Waals surface area (Å²) >= 11 is 12.1. The first-order valence-electron chi connectivity index (χ1n) is 8.54. The van der Waals surface area contributed by atoms with Crippen molar-refractivity contribution in [1.29, 1.82) is 0 Å². The normalized spacial score (nSPS) is 13.7. The minimum atomic E-state index is 0. The van der Waals surface area contributed by atoms with Gasteiger partial charge in [-0.3, -0.25) is 0 Å². The maximum Gasteiger partial charge on any atom is 0.191 e. The van der Waals surface area contributed by atoms with Crippen molar-refractivity contribution in [2.24, 2.45) is 4.99 Å². The van der Waals surface area contributed by atoms with Gasteiger partial charge >= 0.3 is 0 Å². The van der Waals surface area contributed by atoms with Gasteiger partial charge in [0.1, 0.15) is 5.82 Å². The van der Waals surface area contributed by atoms with Crippen molar-refractivity contribution in [1.82, 2.24) is 25.4 Å². The Balaban J connectivity index is 0.00000243. The van der Waals surface area contributed by atoms with E-state index in [2.05, 4.69) is 30.4 Å². The molecule has 1 aliphatic rings. The Hall–Kier alpha value is -1.06. The summed E-state index contributed by atoms with van der Waals surface area (Å²) < 4.78 is 2.20. The van der Waals surface area contributed by atoms with E-state index in [1.54, 1.807) is 6.07 Å². The number of halogens is 3. The molecule has 0 radical (unpaired) electrons. The Morgan fingerprint density at radius 1 is 1.23 bits per heavy atom. The number of fused-ring (bicyclic) bond motifs is 1. The fraction of sp³-hybridized carbons (Fsp3) is 0.471. The van der Waals surface area contributed by atoms with Crippen molar-refractivity contribution in [2.45, 2.75) is 45.8 Å². The molecule has 0 unspecified atom stereocenters. The van der Waals surface area contributed by atoms with Crippen molar-refractivity contribution in [3.63, 3.8) is 0 Å². The highest BCUT2D eigenvalue weighted by Gasteiger charge is 2.15. The monoisotopic (exact) mass is 508 g/mol. The molecule has 2 aromatic rings. The second-order valence-electron chi connectivity index (χ2n) is 5.93. The molecule has 1 aromatic heterocycles. The second kappa shape index (κ2) is 10.3. The molecule has 0 saturated carbocycles. The minimum Gasteiger partial charge on any atom is -0.357 e. The number of nitrogens with zero attached hydrogens (tertiary/aromatic N) is 4. The lowest BCUT2D eigenvalue weighted by Crippen LogP contribution is -2.37. The zero-order valence-corrected chi connectivity index (χ0v) is 18.5.